The molecule has 0 aliphatic carbocycles. The van der Waals surface area contributed by atoms with Gasteiger partial charge in [0.25, 0.3) is 5.91 Å². The summed E-state index contributed by atoms with van der Waals surface area (Å²) < 4.78 is 0.892. The maximum atomic E-state index is 12.4. The first-order valence-electron chi connectivity index (χ1n) is 7.31. The van der Waals surface area contributed by atoms with E-state index in [9.17, 15) is 4.79 Å². The largest absolute Gasteiger partial charge is 0.319 e. The van der Waals surface area contributed by atoms with Crippen molar-refractivity contribution < 1.29 is 9.28 Å². The van der Waals surface area contributed by atoms with Crippen LogP contribution in [0.3, 0.4) is 0 Å². The second kappa shape index (κ2) is 5.76. The number of hydrogen-bond acceptors (Lipinski definition) is 2. The van der Waals surface area contributed by atoms with Crippen LogP contribution in [0.15, 0.2) is 12.1 Å². The minimum Gasteiger partial charge on any atom is -0.319 e. The zero-order chi connectivity index (χ0) is 15.0. The van der Waals surface area contributed by atoms with Gasteiger partial charge in [-0.15, -0.1) is 0 Å². The first-order valence-corrected chi connectivity index (χ1v) is 8.07. The van der Waals surface area contributed by atoms with Gasteiger partial charge in [-0.3, -0.25) is 9.69 Å². The summed E-state index contributed by atoms with van der Waals surface area (Å²) >= 11 is 12.4. The van der Waals surface area contributed by atoms with Gasteiger partial charge in [-0.1, -0.05) is 29.3 Å². The molecule has 4 nitrogen and oxygen atoms in total. The van der Waals surface area contributed by atoms with Gasteiger partial charge in [0.1, 0.15) is 0 Å². The van der Waals surface area contributed by atoms with Crippen LogP contribution in [0.1, 0.15) is 5.56 Å². The molecule has 114 valence electrons. The summed E-state index contributed by atoms with van der Waals surface area (Å²) in [6, 6.07) is 3.62. The number of carbonyl (C=O) groups is 1. The molecular formula is C15H20Cl2N3O+. The smallest absolute Gasteiger partial charge is 0.279 e. The predicted octanol–water partition coefficient (Wildman–Crippen LogP) is 2.39. The van der Waals surface area contributed by atoms with Gasteiger partial charge in [-0.05, 0) is 18.6 Å². The Morgan fingerprint density at radius 2 is 1.86 bits per heavy atom. The third-order valence-corrected chi connectivity index (χ3v) is 5.50. The zero-order valence-corrected chi connectivity index (χ0v) is 13.7. The highest BCUT2D eigenvalue weighted by Crippen LogP contribution is 2.33. The van der Waals surface area contributed by atoms with Crippen LogP contribution in [0.4, 0.5) is 5.69 Å². The van der Waals surface area contributed by atoms with Crippen molar-refractivity contribution in [2.45, 2.75) is 6.92 Å². The van der Waals surface area contributed by atoms with E-state index in [1.165, 1.54) is 0 Å². The van der Waals surface area contributed by atoms with Crippen LogP contribution < -0.4 is 5.32 Å². The molecule has 1 aromatic carbocycles. The molecule has 0 spiro atoms. The number of quaternary nitrogens is 1. The SMILES string of the molecule is Cc1ccc(Cl)c(NC(=O)C[N+]23CCN(CC2)CC3)c1Cl. The minimum atomic E-state index is -0.000231. The lowest BCUT2D eigenvalue weighted by Crippen LogP contribution is -2.68. The summed E-state index contributed by atoms with van der Waals surface area (Å²) in [6.07, 6.45) is 0. The van der Waals surface area contributed by atoms with Gasteiger partial charge < -0.3 is 9.80 Å². The van der Waals surface area contributed by atoms with E-state index in [1.54, 1.807) is 6.07 Å². The number of nitrogens with zero attached hydrogens (tertiary/aromatic N) is 2. The van der Waals surface area contributed by atoms with Gasteiger partial charge in [-0.2, -0.15) is 0 Å². The number of halogens is 2. The Hall–Kier alpha value is -0.810. The molecule has 6 heteroatoms. The number of aryl methyl sites for hydroxylation is 1. The van der Waals surface area contributed by atoms with Crippen molar-refractivity contribution in [1.82, 2.24) is 4.90 Å². The first-order chi connectivity index (χ1) is 9.99. The summed E-state index contributed by atoms with van der Waals surface area (Å²) in [6.45, 7) is 8.88. The topological polar surface area (TPSA) is 32.3 Å². The highest BCUT2D eigenvalue weighted by molar-refractivity contribution is 6.40. The number of amides is 1. The molecule has 0 radical (unpaired) electrons. The van der Waals surface area contributed by atoms with Gasteiger partial charge in [0.05, 0.1) is 35.4 Å². The Morgan fingerprint density at radius 3 is 2.48 bits per heavy atom. The normalized spacial score (nSPS) is 27.7. The van der Waals surface area contributed by atoms with Crippen LogP contribution in [-0.2, 0) is 4.79 Å². The second-order valence-corrected chi connectivity index (χ2v) is 6.90. The van der Waals surface area contributed by atoms with Crippen molar-refractivity contribution in [3.8, 4) is 0 Å². The summed E-state index contributed by atoms with van der Waals surface area (Å²) in [5.74, 6) is -0.000231. The Balaban J connectivity index is 1.71. The van der Waals surface area contributed by atoms with E-state index in [0.29, 0.717) is 22.3 Å². The molecular weight excluding hydrogens is 309 g/mol. The molecule has 2 bridgehead atoms. The molecule has 21 heavy (non-hydrogen) atoms. The van der Waals surface area contributed by atoms with Gasteiger partial charge >= 0.3 is 0 Å². The molecule has 3 aliphatic rings. The Kier molecular flexibility index (Phi) is 4.14. The number of anilines is 1. The predicted molar refractivity (Wildman–Crippen MR) is 86.0 cm³/mol. The van der Waals surface area contributed by atoms with Gasteiger partial charge in [0.2, 0.25) is 0 Å². The fourth-order valence-corrected chi connectivity index (χ4v) is 3.69. The number of rotatable bonds is 3. The zero-order valence-electron chi connectivity index (χ0n) is 12.2. The number of nitrogens with one attached hydrogen (secondary N) is 1. The number of hydrogen-bond donors (Lipinski definition) is 1. The lowest BCUT2D eigenvalue weighted by atomic mass is 10.1. The number of benzene rings is 1. The quantitative estimate of drug-likeness (QED) is 0.864. The van der Waals surface area contributed by atoms with E-state index in [1.807, 2.05) is 13.0 Å². The number of fused-ring (bicyclic) bond motifs is 3. The summed E-state index contributed by atoms with van der Waals surface area (Å²) in [4.78, 5) is 14.9. The number of carbonyl (C=O) groups excluding carboxylic acids is 1. The Morgan fingerprint density at radius 1 is 1.24 bits per heavy atom. The number of piperazine rings is 3. The summed E-state index contributed by atoms with van der Waals surface area (Å²) in [5, 5.41) is 3.93. The molecule has 0 saturated carbocycles. The van der Waals surface area contributed by atoms with Crippen molar-refractivity contribution in [1.29, 1.82) is 0 Å². The van der Waals surface area contributed by atoms with Crippen LogP contribution in [0.2, 0.25) is 10.0 Å². The Bertz CT molecular complexity index is 555. The molecule has 0 unspecified atom stereocenters. The molecule has 1 amide bonds. The van der Waals surface area contributed by atoms with Gasteiger partial charge in [0, 0.05) is 19.6 Å². The molecule has 3 saturated heterocycles. The molecule has 0 aromatic heterocycles. The third-order valence-electron chi connectivity index (χ3n) is 4.70. The molecule has 3 fully saturated rings. The monoisotopic (exact) mass is 328 g/mol. The molecule has 3 aliphatic heterocycles. The highest BCUT2D eigenvalue weighted by atomic mass is 35.5. The van der Waals surface area contributed by atoms with E-state index in [0.717, 1.165) is 49.3 Å². The summed E-state index contributed by atoms with van der Waals surface area (Å²) in [5.41, 5.74) is 1.45. The van der Waals surface area contributed by atoms with Crippen LogP contribution in [-0.4, -0.2) is 61.1 Å². The average molecular weight is 329 g/mol. The Labute approximate surface area is 135 Å². The van der Waals surface area contributed by atoms with E-state index in [4.69, 9.17) is 23.2 Å². The molecule has 1 aromatic rings. The molecule has 1 N–H and O–H groups in total. The van der Waals surface area contributed by atoms with E-state index in [-0.39, 0.29) is 5.91 Å². The molecule has 0 atom stereocenters. The third kappa shape index (κ3) is 3.04. The van der Waals surface area contributed by atoms with E-state index in [2.05, 4.69) is 10.2 Å². The maximum Gasteiger partial charge on any atom is 0.279 e. The maximum absolute atomic E-state index is 12.4. The highest BCUT2D eigenvalue weighted by Gasteiger charge is 2.39. The van der Waals surface area contributed by atoms with E-state index >= 15 is 0 Å². The van der Waals surface area contributed by atoms with Crippen LogP contribution >= 0.6 is 23.2 Å². The van der Waals surface area contributed by atoms with Gasteiger partial charge in [-0.25, -0.2) is 0 Å². The van der Waals surface area contributed by atoms with Gasteiger partial charge in [0.15, 0.2) is 6.54 Å². The van der Waals surface area contributed by atoms with Crippen molar-refractivity contribution in [3.63, 3.8) is 0 Å². The van der Waals surface area contributed by atoms with E-state index < -0.39 is 0 Å². The first kappa shape index (κ1) is 15.1. The fourth-order valence-electron chi connectivity index (χ4n) is 3.22. The van der Waals surface area contributed by atoms with Crippen LogP contribution in [0.25, 0.3) is 0 Å². The molecule has 4 rings (SSSR count). The standard InChI is InChI=1S/C15H19Cl2N3O/c1-11-2-3-12(16)15(14(11)17)18-13(21)10-20-7-4-19(5-8-20)6-9-20/h2-3H,4-10H2,1H3/p+1. The average Bonchev–Trinajstić information content (AvgIpc) is 2.49. The lowest BCUT2D eigenvalue weighted by Gasteiger charge is -2.50. The summed E-state index contributed by atoms with van der Waals surface area (Å²) in [7, 11) is 0. The van der Waals surface area contributed by atoms with Crippen molar-refractivity contribution >= 4 is 34.8 Å². The van der Waals surface area contributed by atoms with Crippen molar-refractivity contribution in [2.24, 2.45) is 0 Å². The van der Waals surface area contributed by atoms with Crippen molar-refractivity contribution in [3.05, 3.63) is 27.7 Å². The lowest BCUT2D eigenvalue weighted by molar-refractivity contribution is -0.933. The van der Waals surface area contributed by atoms with Crippen molar-refractivity contribution in [2.75, 3.05) is 51.1 Å². The van der Waals surface area contributed by atoms with Crippen LogP contribution in [0.5, 0.6) is 0 Å². The second-order valence-electron chi connectivity index (χ2n) is 6.11. The molecule has 3 heterocycles. The van der Waals surface area contributed by atoms with Crippen LogP contribution in [0, 0.1) is 6.92 Å². The minimum absolute atomic E-state index is 0.000231. The fraction of sp³-hybridized carbons (Fsp3) is 0.533.